The summed E-state index contributed by atoms with van der Waals surface area (Å²) in [5, 5.41) is 6.63. The third kappa shape index (κ3) is 5.58. The Kier molecular flexibility index (Phi) is 8.97. The van der Waals surface area contributed by atoms with Gasteiger partial charge in [0.25, 0.3) is 0 Å². The number of aliphatic imine (C=N–C) groups is 1. The molecule has 1 unspecified atom stereocenters. The van der Waals surface area contributed by atoms with Crippen LogP contribution in [0.2, 0.25) is 0 Å². The molecule has 24 heavy (non-hydrogen) atoms. The number of ether oxygens (including phenoxy) is 1. The number of nitrogens with zero attached hydrogens (tertiary/aromatic N) is 1. The zero-order valence-electron chi connectivity index (χ0n) is 14.8. The summed E-state index contributed by atoms with van der Waals surface area (Å²) in [6, 6.07) is 7.09. The van der Waals surface area contributed by atoms with Gasteiger partial charge in [0.05, 0.1) is 13.2 Å². The van der Waals surface area contributed by atoms with Crippen LogP contribution in [0.25, 0.3) is 0 Å². The minimum Gasteiger partial charge on any atom is -0.383 e. The smallest absolute Gasteiger partial charge is 0.191 e. The van der Waals surface area contributed by atoms with Crippen LogP contribution in [0.4, 0.5) is 4.39 Å². The second-order valence-corrected chi connectivity index (χ2v) is 6.34. The van der Waals surface area contributed by atoms with Gasteiger partial charge in [-0.3, -0.25) is 4.99 Å². The Bertz CT molecular complexity index is 518. The number of hydrogen-bond donors (Lipinski definition) is 2. The summed E-state index contributed by atoms with van der Waals surface area (Å²) in [6.07, 6.45) is 3.42. The van der Waals surface area contributed by atoms with Crippen LogP contribution in [0.15, 0.2) is 29.3 Å². The van der Waals surface area contributed by atoms with Crippen LogP contribution in [-0.2, 0) is 10.2 Å². The molecule has 0 aliphatic heterocycles. The number of benzene rings is 1. The van der Waals surface area contributed by atoms with E-state index in [1.54, 1.807) is 19.2 Å². The highest BCUT2D eigenvalue weighted by Crippen LogP contribution is 2.44. The van der Waals surface area contributed by atoms with Gasteiger partial charge in [0, 0.05) is 25.1 Å². The number of rotatable bonds is 7. The Labute approximate surface area is 161 Å². The molecule has 0 spiro atoms. The minimum atomic E-state index is -0.185. The maximum Gasteiger partial charge on any atom is 0.191 e. The van der Waals surface area contributed by atoms with Gasteiger partial charge in [0.15, 0.2) is 5.96 Å². The Morgan fingerprint density at radius 2 is 2.00 bits per heavy atom. The quantitative estimate of drug-likeness (QED) is 0.381. The standard InChI is InChI=1S/C18H28FN3O.HI/c1-4-20-17(22-14(2)12-23-3)21-13-18(10-5-11-18)15-6-8-16(19)9-7-15;/h6-9,14H,4-5,10-13H2,1-3H3,(H2,20,21,22);1H. The van der Waals surface area contributed by atoms with Gasteiger partial charge in [0.1, 0.15) is 5.82 Å². The van der Waals surface area contributed by atoms with Crippen LogP contribution in [0, 0.1) is 5.82 Å². The van der Waals surface area contributed by atoms with Crippen molar-refractivity contribution < 1.29 is 9.13 Å². The molecule has 0 aromatic heterocycles. The third-order valence-electron chi connectivity index (χ3n) is 4.45. The summed E-state index contributed by atoms with van der Waals surface area (Å²) in [5.41, 5.74) is 1.25. The molecule has 1 aromatic rings. The second kappa shape index (κ2) is 10.2. The van der Waals surface area contributed by atoms with E-state index in [-0.39, 0.29) is 41.3 Å². The van der Waals surface area contributed by atoms with Crippen molar-refractivity contribution in [3.8, 4) is 0 Å². The molecule has 0 bridgehead atoms. The van der Waals surface area contributed by atoms with Crippen LogP contribution in [-0.4, -0.2) is 38.8 Å². The van der Waals surface area contributed by atoms with E-state index in [4.69, 9.17) is 9.73 Å². The van der Waals surface area contributed by atoms with Crippen LogP contribution < -0.4 is 10.6 Å². The lowest BCUT2D eigenvalue weighted by atomic mass is 9.64. The molecule has 1 aliphatic rings. The van der Waals surface area contributed by atoms with E-state index in [1.165, 1.54) is 12.0 Å². The minimum absolute atomic E-state index is 0. The molecule has 136 valence electrons. The number of halogens is 2. The summed E-state index contributed by atoms with van der Waals surface area (Å²) in [7, 11) is 1.69. The monoisotopic (exact) mass is 449 g/mol. The second-order valence-electron chi connectivity index (χ2n) is 6.34. The molecule has 1 atom stereocenters. The van der Waals surface area contributed by atoms with Crippen LogP contribution in [0.1, 0.15) is 38.7 Å². The first-order valence-corrected chi connectivity index (χ1v) is 8.39. The molecule has 2 rings (SSSR count). The first kappa shape index (κ1) is 21.2. The third-order valence-corrected chi connectivity index (χ3v) is 4.45. The molecule has 0 heterocycles. The molecule has 1 fully saturated rings. The van der Waals surface area contributed by atoms with E-state index in [9.17, 15) is 4.39 Å². The van der Waals surface area contributed by atoms with E-state index in [0.29, 0.717) is 13.2 Å². The zero-order chi connectivity index (χ0) is 16.7. The van der Waals surface area contributed by atoms with Gasteiger partial charge in [-0.25, -0.2) is 4.39 Å². The highest BCUT2D eigenvalue weighted by molar-refractivity contribution is 14.0. The van der Waals surface area contributed by atoms with E-state index in [2.05, 4.69) is 24.5 Å². The first-order chi connectivity index (χ1) is 11.1. The molecule has 0 radical (unpaired) electrons. The topological polar surface area (TPSA) is 45.7 Å². The molecule has 1 saturated carbocycles. The van der Waals surface area contributed by atoms with Gasteiger partial charge in [-0.15, -0.1) is 24.0 Å². The predicted octanol–water partition coefficient (Wildman–Crippen LogP) is 3.46. The first-order valence-electron chi connectivity index (χ1n) is 8.39. The average molecular weight is 449 g/mol. The fourth-order valence-corrected chi connectivity index (χ4v) is 3.02. The number of hydrogen-bond acceptors (Lipinski definition) is 2. The van der Waals surface area contributed by atoms with E-state index < -0.39 is 0 Å². The average Bonchev–Trinajstić information content (AvgIpc) is 2.48. The Morgan fingerprint density at radius 1 is 1.33 bits per heavy atom. The SMILES string of the molecule is CCNC(=NCC1(c2ccc(F)cc2)CCC1)NC(C)COC.I. The van der Waals surface area contributed by atoms with Gasteiger partial charge >= 0.3 is 0 Å². The predicted molar refractivity (Wildman–Crippen MR) is 108 cm³/mol. The van der Waals surface area contributed by atoms with Crippen molar-refractivity contribution in [2.75, 3.05) is 26.8 Å². The van der Waals surface area contributed by atoms with E-state index in [1.807, 2.05) is 12.1 Å². The summed E-state index contributed by atoms with van der Waals surface area (Å²) in [6.45, 7) is 6.28. The van der Waals surface area contributed by atoms with Crippen molar-refractivity contribution in [2.24, 2.45) is 4.99 Å². The van der Waals surface area contributed by atoms with Crippen LogP contribution in [0.3, 0.4) is 0 Å². The molecule has 0 amide bonds. The summed E-state index contributed by atoms with van der Waals surface area (Å²) < 4.78 is 18.3. The van der Waals surface area contributed by atoms with Crippen molar-refractivity contribution in [1.82, 2.24) is 10.6 Å². The lowest BCUT2D eigenvalue weighted by molar-refractivity contribution is 0.179. The Hall–Kier alpha value is -0.890. The maximum absolute atomic E-state index is 13.2. The molecule has 0 saturated heterocycles. The number of nitrogens with one attached hydrogen (secondary N) is 2. The van der Waals surface area contributed by atoms with Crippen molar-refractivity contribution in [3.63, 3.8) is 0 Å². The fraction of sp³-hybridized carbons (Fsp3) is 0.611. The molecule has 1 aliphatic carbocycles. The highest BCUT2D eigenvalue weighted by Gasteiger charge is 2.38. The zero-order valence-corrected chi connectivity index (χ0v) is 17.1. The van der Waals surface area contributed by atoms with Gasteiger partial charge in [-0.2, -0.15) is 0 Å². The largest absolute Gasteiger partial charge is 0.383 e. The fourth-order valence-electron chi connectivity index (χ4n) is 3.02. The van der Waals surface area contributed by atoms with Crippen molar-refractivity contribution in [2.45, 2.75) is 44.6 Å². The molecule has 6 heteroatoms. The Morgan fingerprint density at radius 3 is 2.50 bits per heavy atom. The van der Waals surface area contributed by atoms with Gasteiger partial charge < -0.3 is 15.4 Å². The summed E-state index contributed by atoms with van der Waals surface area (Å²) in [5.74, 6) is 0.626. The lowest BCUT2D eigenvalue weighted by Crippen LogP contribution is -2.45. The number of guanidine groups is 1. The van der Waals surface area contributed by atoms with E-state index >= 15 is 0 Å². The summed E-state index contributed by atoms with van der Waals surface area (Å²) in [4.78, 5) is 4.77. The van der Waals surface area contributed by atoms with E-state index in [0.717, 1.165) is 25.3 Å². The van der Waals surface area contributed by atoms with Crippen molar-refractivity contribution >= 4 is 29.9 Å². The molecular formula is C18H29FIN3O. The molecular weight excluding hydrogens is 420 g/mol. The van der Waals surface area contributed by atoms with Crippen LogP contribution in [0.5, 0.6) is 0 Å². The normalized spacial score (nSPS) is 17.4. The molecule has 1 aromatic carbocycles. The maximum atomic E-state index is 13.2. The van der Waals surface area contributed by atoms with Crippen LogP contribution >= 0.6 is 24.0 Å². The molecule has 2 N–H and O–H groups in total. The lowest BCUT2D eigenvalue weighted by Gasteiger charge is -2.41. The van der Waals surface area contributed by atoms with Crippen molar-refractivity contribution in [1.29, 1.82) is 0 Å². The molecule has 4 nitrogen and oxygen atoms in total. The Balaban J connectivity index is 0.00000288. The van der Waals surface area contributed by atoms with Gasteiger partial charge in [0.2, 0.25) is 0 Å². The van der Waals surface area contributed by atoms with Crippen molar-refractivity contribution in [3.05, 3.63) is 35.6 Å². The highest BCUT2D eigenvalue weighted by atomic mass is 127. The summed E-state index contributed by atoms with van der Waals surface area (Å²) >= 11 is 0. The van der Waals surface area contributed by atoms with Gasteiger partial charge in [-0.05, 0) is 44.4 Å². The number of methoxy groups -OCH3 is 1. The van der Waals surface area contributed by atoms with Gasteiger partial charge in [-0.1, -0.05) is 18.6 Å².